The van der Waals surface area contributed by atoms with E-state index >= 15 is 0 Å². The number of hydrogen-bond acceptors (Lipinski definition) is 3. The minimum Gasteiger partial charge on any atom is -0.376 e. The number of aryl methyl sites for hydroxylation is 1. The quantitative estimate of drug-likeness (QED) is 0.759. The molecule has 1 saturated carbocycles. The number of aromatic nitrogens is 1. The number of benzene rings is 1. The van der Waals surface area contributed by atoms with E-state index < -0.39 is 0 Å². The average molecular weight is 364 g/mol. The number of hydrogen-bond donors (Lipinski definition) is 0. The molecule has 1 aromatic heterocycles. The first-order chi connectivity index (χ1) is 13.2. The molecule has 0 spiro atoms. The van der Waals surface area contributed by atoms with Gasteiger partial charge < -0.3 is 9.64 Å². The molecule has 0 radical (unpaired) electrons. The van der Waals surface area contributed by atoms with Gasteiger partial charge in [0.15, 0.2) is 0 Å². The largest absolute Gasteiger partial charge is 0.376 e. The van der Waals surface area contributed by atoms with E-state index in [-0.39, 0.29) is 12.0 Å². The summed E-state index contributed by atoms with van der Waals surface area (Å²) in [7, 11) is 0. The summed E-state index contributed by atoms with van der Waals surface area (Å²) in [5.74, 6) is 0.768. The SMILES string of the molecule is Cc1cccnc1-c1cccc(C(=O)N(CC2CCC2)C[C@H]2CCCO2)c1. The van der Waals surface area contributed by atoms with E-state index in [9.17, 15) is 4.79 Å². The van der Waals surface area contributed by atoms with Crippen LogP contribution in [0.25, 0.3) is 11.3 Å². The summed E-state index contributed by atoms with van der Waals surface area (Å²) in [5, 5.41) is 0. The van der Waals surface area contributed by atoms with E-state index in [2.05, 4.69) is 18.0 Å². The van der Waals surface area contributed by atoms with Gasteiger partial charge in [0.25, 0.3) is 5.91 Å². The Bertz CT molecular complexity index is 794. The van der Waals surface area contributed by atoms with E-state index in [0.29, 0.717) is 12.5 Å². The summed E-state index contributed by atoms with van der Waals surface area (Å²) in [4.78, 5) is 19.9. The number of carbonyl (C=O) groups is 1. The third-order valence-corrected chi connectivity index (χ3v) is 5.83. The van der Waals surface area contributed by atoms with Gasteiger partial charge in [-0.25, -0.2) is 0 Å². The summed E-state index contributed by atoms with van der Waals surface area (Å²) in [5.41, 5.74) is 3.80. The van der Waals surface area contributed by atoms with Crippen molar-refractivity contribution in [1.82, 2.24) is 9.88 Å². The second kappa shape index (κ2) is 8.22. The maximum absolute atomic E-state index is 13.3. The molecule has 142 valence electrons. The predicted molar refractivity (Wildman–Crippen MR) is 107 cm³/mol. The Hall–Kier alpha value is -2.20. The minimum absolute atomic E-state index is 0.118. The first-order valence-electron chi connectivity index (χ1n) is 10.1. The summed E-state index contributed by atoms with van der Waals surface area (Å²) in [6.07, 6.45) is 7.92. The fourth-order valence-electron chi connectivity index (χ4n) is 4.03. The highest BCUT2D eigenvalue weighted by molar-refractivity contribution is 5.95. The highest BCUT2D eigenvalue weighted by Crippen LogP contribution is 2.29. The maximum Gasteiger partial charge on any atom is 0.253 e. The Labute approximate surface area is 161 Å². The van der Waals surface area contributed by atoms with Crippen molar-refractivity contribution in [3.05, 3.63) is 53.7 Å². The fourth-order valence-corrected chi connectivity index (χ4v) is 4.03. The molecule has 4 nitrogen and oxygen atoms in total. The molecule has 2 aliphatic rings. The minimum atomic E-state index is 0.118. The lowest BCUT2D eigenvalue weighted by atomic mass is 9.85. The van der Waals surface area contributed by atoms with Crippen LogP contribution in [0.4, 0.5) is 0 Å². The third kappa shape index (κ3) is 4.22. The second-order valence-corrected chi connectivity index (χ2v) is 7.89. The standard InChI is InChI=1S/C23H28N2O2/c1-17-6-4-12-24-22(17)19-9-3-10-20(14-19)23(26)25(15-18-7-2-8-18)16-21-11-5-13-27-21/h3-4,6,9-10,12,14,18,21H,2,5,7-8,11,13,15-16H2,1H3/t21-/m1/s1. The molecule has 0 N–H and O–H groups in total. The summed E-state index contributed by atoms with van der Waals surface area (Å²) >= 11 is 0. The second-order valence-electron chi connectivity index (χ2n) is 7.89. The molecule has 2 aromatic rings. The molecule has 0 unspecified atom stereocenters. The summed E-state index contributed by atoms with van der Waals surface area (Å²) in [6.45, 7) is 4.44. The molecular formula is C23H28N2O2. The van der Waals surface area contributed by atoms with Crippen LogP contribution in [0.3, 0.4) is 0 Å². The zero-order valence-electron chi connectivity index (χ0n) is 16.1. The molecule has 2 heterocycles. The number of rotatable bonds is 6. The molecule has 2 fully saturated rings. The lowest BCUT2D eigenvalue weighted by Crippen LogP contribution is -2.41. The molecule has 1 saturated heterocycles. The zero-order valence-corrected chi connectivity index (χ0v) is 16.1. The highest BCUT2D eigenvalue weighted by Gasteiger charge is 2.28. The van der Waals surface area contributed by atoms with Gasteiger partial charge in [0.2, 0.25) is 0 Å². The van der Waals surface area contributed by atoms with Gasteiger partial charge in [-0.2, -0.15) is 0 Å². The van der Waals surface area contributed by atoms with Crippen molar-refractivity contribution in [1.29, 1.82) is 0 Å². The highest BCUT2D eigenvalue weighted by atomic mass is 16.5. The predicted octanol–water partition coefficient (Wildman–Crippen LogP) is 4.48. The normalized spacial score (nSPS) is 19.7. The molecular weight excluding hydrogens is 336 g/mol. The maximum atomic E-state index is 13.3. The van der Waals surface area contributed by atoms with E-state index in [0.717, 1.165) is 48.4 Å². The van der Waals surface area contributed by atoms with Crippen LogP contribution < -0.4 is 0 Å². The Morgan fingerprint density at radius 1 is 1.15 bits per heavy atom. The van der Waals surface area contributed by atoms with Crippen molar-refractivity contribution in [3.8, 4) is 11.3 Å². The van der Waals surface area contributed by atoms with Crippen LogP contribution in [-0.2, 0) is 4.74 Å². The molecule has 1 aliphatic heterocycles. The van der Waals surface area contributed by atoms with Gasteiger partial charge in [-0.05, 0) is 62.3 Å². The Balaban J connectivity index is 1.56. The van der Waals surface area contributed by atoms with Gasteiger partial charge >= 0.3 is 0 Å². The van der Waals surface area contributed by atoms with E-state index in [4.69, 9.17) is 4.74 Å². The molecule has 1 amide bonds. The molecule has 1 atom stereocenters. The summed E-state index contributed by atoms with van der Waals surface area (Å²) < 4.78 is 5.81. The average Bonchev–Trinajstić information content (AvgIpc) is 3.16. The topological polar surface area (TPSA) is 42.4 Å². The van der Waals surface area contributed by atoms with Crippen molar-refractivity contribution in [3.63, 3.8) is 0 Å². The first-order valence-corrected chi connectivity index (χ1v) is 10.1. The van der Waals surface area contributed by atoms with Crippen LogP contribution in [0.5, 0.6) is 0 Å². The van der Waals surface area contributed by atoms with Crippen LogP contribution >= 0.6 is 0 Å². The first kappa shape index (κ1) is 18.2. The van der Waals surface area contributed by atoms with Gasteiger partial charge in [0.05, 0.1) is 11.8 Å². The smallest absolute Gasteiger partial charge is 0.253 e. The lowest BCUT2D eigenvalue weighted by Gasteiger charge is -2.33. The Kier molecular flexibility index (Phi) is 5.53. The van der Waals surface area contributed by atoms with Gasteiger partial charge in [-0.15, -0.1) is 0 Å². The van der Waals surface area contributed by atoms with E-state index in [1.165, 1.54) is 19.3 Å². The van der Waals surface area contributed by atoms with Crippen molar-refractivity contribution < 1.29 is 9.53 Å². The van der Waals surface area contributed by atoms with Crippen LogP contribution in [0.2, 0.25) is 0 Å². The van der Waals surface area contributed by atoms with Gasteiger partial charge in [-0.1, -0.05) is 24.6 Å². The van der Waals surface area contributed by atoms with Gasteiger partial charge in [0.1, 0.15) is 0 Å². The molecule has 1 aromatic carbocycles. The zero-order chi connectivity index (χ0) is 18.6. The van der Waals surface area contributed by atoms with Crippen molar-refractivity contribution >= 4 is 5.91 Å². The number of amides is 1. The Morgan fingerprint density at radius 2 is 2.04 bits per heavy atom. The van der Waals surface area contributed by atoms with Gasteiger partial charge in [0, 0.05) is 37.0 Å². The van der Waals surface area contributed by atoms with Gasteiger partial charge in [-0.3, -0.25) is 9.78 Å². The molecule has 0 bridgehead atoms. The Morgan fingerprint density at radius 3 is 2.74 bits per heavy atom. The third-order valence-electron chi connectivity index (χ3n) is 5.83. The van der Waals surface area contributed by atoms with Crippen LogP contribution in [0.15, 0.2) is 42.6 Å². The number of pyridine rings is 1. The van der Waals surface area contributed by atoms with Crippen molar-refractivity contribution in [2.45, 2.75) is 45.1 Å². The summed E-state index contributed by atoms with van der Waals surface area (Å²) in [6, 6.07) is 11.9. The number of nitrogens with zero attached hydrogens (tertiary/aromatic N) is 2. The fraction of sp³-hybridized carbons (Fsp3) is 0.478. The van der Waals surface area contributed by atoms with Crippen LogP contribution in [0.1, 0.15) is 48.0 Å². The lowest BCUT2D eigenvalue weighted by molar-refractivity contribution is 0.0448. The van der Waals surface area contributed by atoms with Crippen molar-refractivity contribution in [2.24, 2.45) is 5.92 Å². The molecule has 1 aliphatic carbocycles. The monoisotopic (exact) mass is 364 g/mol. The van der Waals surface area contributed by atoms with E-state index in [1.54, 1.807) is 6.20 Å². The van der Waals surface area contributed by atoms with E-state index in [1.807, 2.05) is 35.2 Å². The molecule has 4 heteroatoms. The number of ether oxygens (including phenoxy) is 1. The van der Waals surface area contributed by atoms with Crippen LogP contribution in [0, 0.1) is 12.8 Å². The van der Waals surface area contributed by atoms with Crippen molar-refractivity contribution in [2.75, 3.05) is 19.7 Å². The molecule has 27 heavy (non-hydrogen) atoms. The number of carbonyl (C=O) groups excluding carboxylic acids is 1. The molecule has 4 rings (SSSR count). The van der Waals surface area contributed by atoms with Crippen LogP contribution in [-0.4, -0.2) is 41.6 Å².